The molecule has 0 aliphatic carbocycles. The highest BCUT2D eigenvalue weighted by molar-refractivity contribution is 8.00. The zero-order valence-electron chi connectivity index (χ0n) is 14.4. The largest absolute Gasteiger partial charge is 0.349 e. The van der Waals surface area contributed by atoms with E-state index in [9.17, 15) is 4.79 Å². The number of aryl methyl sites for hydroxylation is 1. The molecule has 2 aromatic rings. The van der Waals surface area contributed by atoms with Gasteiger partial charge in [0.05, 0.1) is 11.3 Å². The highest BCUT2D eigenvalue weighted by Gasteiger charge is 2.20. The molecule has 2 atom stereocenters. The summed E-state index contributed by atoms with van der Waals surface area (Å²) in [4.78, 5) is 13.7. The predicted octanol–water partition coefficient (Wildman–Crippen LogP) is 5.65. The lowest BCUT2D eigenvalue weighted by molar-refractivity contribution is -0.121. The number of carbonyl (C=O) groups is 1. The van der Waals surface area contributed by atoms with E-state index in [1.165, 1.54) is 5.56 Å². The van der Waals surface area contributed by atoms with Crippen LogP contribution in [0.2, 0.25) is 5.02 Å². The normalized spacial score (nSPS) is 13.3. The summed E-state index contributed by atoms with van der Waals surface area (Å²) in [5.74, 6) is 0.0736. The molecule has 0 radical (unpaired) electrons. The van der Waals surface area contributed by atoms with Crippen LogP contribution in [0.15, 0.2) is 53.4 Å². The zero-order chi connectivity index (χ0) is 17.5. The van der Waals surface area contributed by atoms with Gasteiger partial charge in [-0.3, -0.25) is 4.79 Å². The molecule has 2 nitrogen and oxygen atoms in total. The topological polar surface area (TPSA) is 29.1 Å². The highest BCUT2D eigenvalue weighted by Crippen LogP contribution is 2.27. The van der Waals surface area contributed by atoms with Gasteiger partial charge in [0, 0.05) is 9.92 Å². The Morgan fingerprint density at radius 3 is 2.25 bits per heavy atom. The molecule has 0 bridgehead atoms. The van der Waals surface area contributed by atoms with Gasteiger partial charge >= 0.3 is 0 Å². The first-order valence-corrected chi connectivity index (χ1v) is 9.60. The Bertz CT molecular complexity index is 654. The van der Waals surface area contributed by atoms with Crippen molar-refractivity contribution < 1.29 is 4.79 Å². The Labute approximate surface area is 154 Å². The number of amides is 1. The summed E-state index contributed by atoms with van der Waals surface area (Å²) in [7, 11) is 0. The molecule has 0 fully saturated rings. The van der Waals surface area contributed by atoms with Gasteiger partial charge < -0.3 is 5.32 Å². The van der Waals surface area contributed by atoms with Crippen molar-refractivity contribution >= 4 is 29.3 Å². The van der Waals surface area contributed by atoms with Crippen LogP contribution < -0.4 is 5.32 Å². The van der Waals surface area contributed by atoms with Crippen LogP contribution in [0.4, 0.5) is 0 Å². The van der Waals surface area contributed by atoms with Crippen molar-refractivity contribution in [3.63, 3.8) is 0 Å². The second-order valence-corrected chi connectivity index (χ2v) is 7.51. The van der Waals surface area contributed by atoms with Gasteiger partial charge in [-0.15, -0.1) is 11.8 Å². The maximum atomic E-state index is 12.6. The van der Waals surface area contributed by atoms with Crippen LogP contribution in [-0.4, -0.2) is 11.2 Å². The van der Waals surface area contributed by atoms with E-state index in [4.69, 9.17) is 11.6 Å². The zero-order valence-corrected chi connectivity index (χ0v) is 16.0. The van der Waals surface area contributed by atoms with Gasteiger partial charge in [0.15, 0.2) is 0 Å². The van der Waals surface area contributed by atoms with E-state index in [1.54, 1.807) is 11.8 Å². The number of thioether (sulfide) groups is 1. The summed E-state index contributed by atoms with van der Waals surface area (Å²) < 4.78 is 0. The molecule has 0 spiro atoms. The van der Waals surface area contributed by atoms with E-state index in [1.807, 2.05) is 38.1 Å². The van der Waals surface area contributed by atoms with E-state index in [0.29, 0.717) is 5.02 Å². The Hall–Kier alpha value is -1.45. The van der Waals surface area contributed by atoms with Crippen LogP contribution in [0.25, 0.3) is 0 Å². The summed E-state index contributed by atoms with van der Waals surface area (Å²) >= 11 is 7.49. The van der Waals surface area contributed by atoms with Crippen LogP contribution >= 0.6 is 23.4 Å². The number of benzene rings is 2. The molecule has 128 valence electrons. The van der Waals surface area contributed by atoms with E-state index in [2.05, 4.69) is 36.5 Å². The SMILES string of the molecule is CCc1ccc([C@@H](C)NC(=O)[C@@H](CC)Sc2ccc(Cl)cc2)cc1. The summed E-state index contributed by atoms with van der Waals surface area (Å²) in [6, 6.07) is 16.1. The number of halogens is 1. The maximum absolute atomic E-state index is 12.6. The third-order valence-corrected chi connectivity index (χ3v) is 5.63. The summed E-state index contributed by atoms with van der Waals surface area (Å²) in [5.41, 5.74) is 2.44. The third kappa shape index (κ3) is 5.29. The summed E-state index contributed by atoms with van der Waals surface area (Å²) in [6.45, 7) is 6.20. The molecular weight excluding hydrogens is 338 g/mol. The van der Waals surface area contributed by atoms with Crippen molar-refractivity contribution in [3.8, 4) is 0 Å². The number of rotatable bonds is 7. The van der Waals surface area contributed by atoms with Crippen LogP contribution in [0, 0.1) is 0 Å². The second-order valence-electron chi connectivity index (χ2n) is 5.79. The molecular formula is C20H24ClNOS. The molecule has 1 N–H and O–H groups in total. The van der Waals surface area contributed by atoms with Crippen LogP contribution in [0.3, 0.4) is 0 Å². The first-order chi connectivity index (χ1) is 11.5. The second kappa shape index (κ2) is 9.14. The number of hydrogen-bond acceptors (Lipinski definition) is 2. The first-order valence-electron chi connectivity index (χ1n) is 8.35. The molecule has 0 aliphatic heterocycles. The first kappa shape index (κ1) is 18.9. The molecule has 0 saturated heterocycles. The molecule has 1 amide bonds. The van der Waals surface area contributed by atoms with Crippen molar-refractivity contribution in [1.29, 1.82) is 0 Å². The lowest BCUT2D eigenvalue weighted by Crippen LogP contribution is -2.34. The van der Waals surface area contributed by atoms with Crippen LogP contribution in [-0.2, 0) is 11.2 Å². The minimum absolute atomic E-state index is 0.00303. The van der Waals surface area contributed by atoms with Crippen molar-refractivity contribution in [2.75, 3.05) is 0 Å². The van der Waals surface area contributed by atoms with Crippen molar-refractivity contribution in [1.82, 2.24) is 5.32 Å². The van der Waals surface area contributed by atoms with Crippen LogP contribution in [0.5, 0.6) is 0 Å². The van der Waals surface area contributed by atoms with Gasteiger partial charge in [-0.1, -0.05) is 49.7 Å². The number of nitrogens with one attached hydrogen (secondary N) is 1. The molecule has 0 aliphatic rings. The Morgan fingerprint density at radius 1 is 1.08 bits per heavy atom. The molecule has 2 aromatic carbocycles. The Balaban J connectivity index is 1.98. The Morgan fingerprint density at radius 2 is 1.71 bits per heavy atom. The molecule has 2 rings (SSSR count). The van der Waals surface area contributed by atoms with Gasteiger partial charge in [0.2, 0.25) is 5.91 Å². The smallest absolute Gasteiger partial charge is 0.233 e. The highest BCUT2D eigenvalue weighted by atomic mass is 35.5. The lowest BCUT2D eigenvalue weighted by atomic mass is 10.0. The molecule has 0 saturated carbocycles. The Kier molecular flexibility index (Phi) is 7.19. The molecule has 24 heavy (non-hydrogen) atoms. The van der Waals surface area contributed by atoms with Crippen molar-refractivity contribution in [2.24, 2.45) is 0 Å². The van der Waals surface area contributed by atoms with E-state index in [0.717, 1.165) is 23.3 Å². The molecule has 0 aromatic heterocycles. The monoisotopic (exact) mass is 361 g/mol. The van der Waals surface area contributed by atoms with Crippen molar-refractivity contribution in [2.45, 2.75) is 49.8 Å². The summed E-state index contributed by atoms with van der Waals surface area (Å²) in [6.07, 6.45) is 1.80. The van der Waals surface area contributed by atoms with Gasteiger partial charge in [-0.05, 0) is 55.2 Å². The fourth-order valence-electron chi connectivity index (χ4n) is 2.43. The standard InChI is InChI=1S/C20H24ClNOS/c1-4-15-6-8-16(9-7-15)14(3)22-20(23)19(5-2)24-18-12-10-17(21)11-13-18/h6-14,19H,4-5H2,1-3H3,(H,22,23)/t14-,19-/m1/s1. The van der Waals surface area contributed by atoms with E-state index in [-0.39, 0.29) is 17.2 Å². The fraction of sp³-hybridized carbons (Fsp3) is 0.350. The minimum Gasteiger partial charge on any atom is -0.349 e. The van der Waals surface area contributed by atoms with E-state index < -0.39 is 0 Å². The average molecular weight is 362 g/mol. The quantitative estimate of drug-likeness (QED) is 0.645. The maximum Gasteiger partial charge on any atom is 0.233 e. The average Bonchev–Trinajstić information content (AvgIpc) is 2.61. The predicted molar refractivity (Wildman–Crippen MR) is 104 cm³/mol. The fourth-order valence-corrected chi connectivity index (χ4v) is 3.52. The van der Waals surface area contributed by atoms with E-state index >= 15 is 0 Å². The lowest BCUT2D eigenvalue weighted by Gasteiger charge is -2.19. The van der Waals surface area contributed by atoms with Crippen molar-refractivity contribution in [3.05, 3.63) is 64.7 Å². The summed E-state index contributed by atoms with van der Waals surface area (Å²) in [5, 5.41) is 3.73. The molecule has 0 unspecified atom stereocenters. The third-order valence-electron chi connectivity index (χ3n) is 4.00. The van der Waals surface area contributed by atoms with Gasteiger partial charge in [0.25, 0.3) is 0 Å². The minimum atomic E-state index is -0.108. The van der Waals surface area contributed by atoms with Gasteiger partial charge in [-0.2, -0.15) is 0 Å². The van der Waals surface area contributed by atoms with Gasteiger partial charge in [-0.25, -0.2) is 0 Å². The molecule has 0 heterocycles. The molecule has 4 heteroatoms. The van der Waals surface area contributed by atoms with Crippen LogP contribution in [0.1, 0.15) is 44.4 Å². The number of hydrogen-bond donors (Lipinski definition) is 1. The number of carbonyl (C=O) groups excluding carboxylic acids is 1. The van der Waals surface area contributed by atoms with Gasteiger partial charge in [0.1, 0.15) is 0 Å².